The number of hydrogen-bond donors (Lipinski definition) is 1. The first kappa shape index (κ1) is 20.0. The summed E-state index contributed by atoms with van der Waals surface area (Å²) in [6, 6.07) is 9.23. The lowest BCUT2D eigenvalue weighted by molar-refractivity contribution is 0.102. The van der Waals surface area contributed by atoms with Crippen LogP contribution in [0.25, 0.3) is 22.3 Å². The van der Waals surface area contributed by atoms with Gasteiger partial charge in [-0.25, -0.2) is 15.0 Å². The number of rotatable bonds is 4. The Bertz CT molecular complexity index is 1260. The molecule has 162 valence electrons. The van der Waals surface area contributed by atoms with Crippen LogP contribution in [0.1, 0.15) is 10.4 Å². The van der Waals surface area contributed by atoms with E-state index in [1.165, 1.54) is 0 Å². The molecule has 0 bridgehead atoms. The van der Waals surface area contributed by atoms with Gasteiger partial charge in [-0.15, -0.1) is 5.10 Å². The van der Waals surface area contributed by atoms with E-state index in [0.717, 1.165) is 37.4 Å². The minimum Gasteiger partial charge on any atom is -0.354 e. The van der Waals surface area contributed by atoms with E-state index in [1.807, 2.05) is 25.2 Å². The van der Waals surface area contributed by atoms with Crippen molar-refractivity contribution in [3.05, 3.63) is 54.5 Å². The van der Waals surface area contributed by atoms with E-state index in [2.05, 4.69) is 47.4 Å². The van der Waals surface area contributed by atoms with Crippen molar-refractivity contribution in [3.63, 3.8) is 0 Å². The number of nitrogens with zero attached hydrogens (tertiary/aromatic N) is 8. The van der Waals surface area contributed by atoms with Crippen LogP contribution in [0.3, 0.4) is 0 Å². The predicted molar refractivity (Wildman–Crippen MR) is 121 cm³/mol. The second-order valence-electron chi connectivity index (χ2n) is 7.89. The second kappa shape index (κ2) is 8.31. The Hall–Kier alpha value is -3.92. The summed E-state index contributed by atoms with van der Waals surface area (Å²) in [6.07, 6.45) is 5.10. The van der Waals surface area contributed by atoms with Crippen LogP contribution in [0, 0.1) is 0 Å². The average Bonchev–Trinajstić information content (AvgIpc) is 3.25. The molecule has 5 heterocycles. The molecule has 0 spiro atoms. The normalized spacial score (nSPS) is 14.6. The Labute approximate surface area is 184 Å². The maximum atomic E-state index is 12.7. The van der Waals surface area contributed by atoms with E-state index in [1.54, 1.807) is 35.4 Å². The first-order valence-electron chi connectivity index (χ1n) is 10.4. The van der Waals surface area contributed by atoms with Gasteiger partial charge < -0.3 is 15.1 Å². The number of nitrogens with one attached hydrogen (secondary N) is 1. The molecule has 1 fully saturated rings. The second-order valence-corrected chi connectivity index (χ2v) is 7.89. The molecule has 1 amide bonds. The average molecular weight is 429 g/mol. The van der Waals surface area contributed by atoms with Crippen molar-refractivity contribution >= 4 is 28.4 Å². The zero-order chi connectivity index (χ0) is 22.1. The van der Waals surface area contributed by atoms with Crippen molar-refractivity contribution in [3.8, 4) is 11.4 Å². The number of likely N-dealkylation sites (N-methyl/N-ethyl adjacent to an activating group) is 1. The summed E-state index contributed by atoms with van der Waals surface area (Å²) in [5, 5.41) is 11.8. The Kier molecular flexibility index (Phi) is 5.20. The van der Waals surface area contributed by atoms with Crippen LogP contribution < -0.4 is 10.2 Å². The number of aromatic nitrogens is 6. The number of carbonyl (C=O) groups is 1. The van der Waals surface area contributed by atoms with Crippen molar-refractivity contribution in [2.45, 2.75) is 0 Å². The third-order valence-corrected chi connectivity index (χ3v) is 5.52. The maximum Gasteiger partial charge on any atom is 0.258 e. The van der Waals surface area contributed by atoms with Gasteiger partial charge in [-0.2, -0.15) is 0 Å². The van der Waals surface area contributed by atoms with E-state index in [9.17, 15) is 4.79 Å². The number of aryl methyl sites for hydroxylation is 1. The van der Waals surface area contributed by atoms with Crippen molar-refractivity contribution in [2.75, 3.05) is 43.4 Å². The first-order chi connectivity index (χ1) is 15.5. The van der Waals surface area contributed by atoms with Crippen LogP contribution in [0.15, 0.2) is 48.9 Å². The Morgan fingerprint density at radius 1 is 0.969 bits per heavy atom. The highest BCUT2D eigenvalue weighted by Gasteiger charge is 2.16. The van der Waals surface area contributed by atoms with Crippen molar-refractivity contribution in [1.82, 2.24) is 34.8 Å². The predicted octanol–water partition coefficient (Wildman–Crippen LogP) is 1.82. The summed E-state index contributed by atoms with van der Waals surface area (Å²) in [7, 11) is 3.92. The molecule has 10 nitrogen and oxygen atoms in total. The standard InChI is InChI=1S/C22H23N9O/c1-29-7-9-31(10-8-29)21-6-4-16(13-24-21)22(32)26-20-11-18-15(12-23-20)3-5-17(25-18)19-14-30(2)28-27-19/h3-6,11-14H,7-10H2,1-2H3,(H,23,26,32). The molecule has 0 atom stereocenters. The minimum absolute atomic E-state index is 0.264. The Morgan fingerprint density at radius 2 is 1.81 bits per heavy atom. The number of amides is 1. The highest BCUT2D eigenvalue weighted by Crippen LogP contribution is 2.21. The molecule has 1 N–H and O–H groups in total. The van der Waals surface area contributed by atoms with E-state index < -0.39 is 0 Å². The van der Waals surface area contributed by atoms with Gasteiger partial charge in [0.25, 0.3) is 5.91 Å². The van der Waals surface area contributed by atoms with Crippen LogP contribution in [0.5, 0.6) is 0 Å². The van der Waals surface area contributed by atoms with Gasteiger partial charge in [0.1, 0.15) is 17.3 Å². The molecule has 0 saturated carbocycles. The molecule has 0 unspecified atom stereocenters. The summed E-state index contributed by atoms with van der Waals surface area (Å²) >= 11 is 0. The number of pyridine rings is 3. The monoisotopic (exact) mass is 429 g/mol. The van der Waals surface area contributed by atoms with Crippen molar-refractivity contribution in [2.24, 2.45) is 7.05 Å². The van der Waals surface area contributed by atoms with Gasteiger partial charge in [0.15, 0.2) is 0 Å². The van der Waals surface area contributed by atoms with E-state index in [4.69, 9.17) is 0 Å². The first-order valence-corrected chi connectivity index (χ1v) is 10.4. The number of piperazine rings is 1. The largest absolute Gasteiger partial charge is 0.354 e. The third-order valence-electron chi connectivity index (χ3n) is 5.52. The van der Waals surface area contributed by atoms with E-state index in [-0.39, 0.29) is 5.91 Å². The lowest BCUT2D eigenvalue weighted by Crippen LogP contribution is -2.44. The van der Waals surface area contributed by atoms with E-state index >= 15 is 0 Å². The van der Waals surface area contributed by atoms with Gasteiger partial charge in [-0.05, 0) is 31.3 Å². The van der Waals surface area contributed by atoms with Gasteiger partial charge in [0, 0.05) is 57.1 Å². The Balaban J connectivity index is 1.31. The fourth-order valence-electron chi connectivity index (χ4n) is 3.62. The molecule has 1 aliphatic rings. The van der Waals surface area contributed by atoms with Gasteiger partial charge in [-0.1, -0.05) is 5.21 Å². The van der Waals surface area contributed by atoms with E-state index in [0.29, 0.717) is 28.3 Å². The van der Waals surface area contributed by atoms with Crippen molar-refractivity contribution < 1.29 is 4.79 Å². The highest BCUT2D eigenvalue weighted by atomic mass is 16.1. The minimum atomic E-state index is -0.264. The maximum absolute atomic E-state index is 12.7. The lowest BCUT2D eigenvalue weighted by atomic mass is 10.2. The number of carbonyl (C=O) groups excluding carboxylic acids is 1. The number of hydrogen-bond acceptors (Lipinski definition) is 8. The molecule has 5 rings (SSSR count). The summed E-state index contributed by atoms with van der Waals surface area (Å²) in [5.41, 5.74) is 2.58. The van der Waals surface area contributed by atoms with Crippen LogP contribution >= 0.6 is 0 Å². The van der Waals surface area contributed by atoms with Crippen LogP contribution in [0.4, 0.5) is 11.6 Å². The molecule has 0 aliphatic carbocycles. The molecule has 4 aromatic heterocycles. The zero-order valence-electron chi connectivity index (χ0n) is 17.9. The summed E-state index contributed by atoms with van der Waals surface area (Å²) in [4.78, 5) is 30.7. The van der Waals surface area contributed by atoms with Crippen LogP contribution in [-0.2, 0) is 7.05 Å². The smallest absolute Gasteiger partial charge is 0.258 e. The van der Waals surface area contributed by atoms with Gasteiger partial charge in [0.2, 0.25) is 0 Å². The quantitative estimate of drug-likeness (QED) is 0.524. The third kappa shape index (κ3) is 4.12. The highest BCUT2D eigenvalue weighted by molar-refractivity contribution is 6.04. The van der Waals surface area contributed by atoms with Crippen LogP contribution in [-0.4, -0.2) is 74.0 Å². The molecule has 1 saturated heterocycles. The molecule has 0 aromatic carbocycles. The lowest BCUT2D eigenvalue weighted by Gasteiger charge is -2.33. The summed E-state index contributed by atoms with van der Waals surface area (Å²) < 4.78 is 1.63. The van der Waals surface area contributed by atoms with Gasteiger partial charge in [-0.3, -0.25) is 9.48 Å². The summed E-state index contributed by atoms with van der Waals surface area (Å²) in [5.74, 6) is 1.05. The molecule has 32 heavy (non-hydrogen) atoms. The fraction of sp³-hybridized carbons (Fsp3) is 0.273. The van der Waals surface area contributed by atoms with Gasteiger partial charge >= 0.3 is 0 Å². The molecule has 0 radical (unpaired) electrons. The number of fused-ring (bicyclic) bond motifs is 1. The molecule has 4 aromatic rings. The molecular weight excluding hydrogens is 406 g/mol. The number of anilines is 2. The topological polar surface area (TPSA) is 105 Å². The SMILES string of the molecule is CN1CCN(c2ccc(C(=O)Nc3cc4nc(-c5cn(C)nn5)ccc4cn3)cn2)CC1. The summed E-state index contributed by atoms with van der Waals surface area (Å²) in [6.45, 7) is 3.87. The zero-order valence-corrected chi connectivity index (χ0v) is 17.9. The molecular formula is C22H23N9O. The molecule has 1 aliphatic heterocycles. The van der Waals surface area contributed by atoms with Gasteiger partial charge in [0.05, 0.1) is 23.0 Å². The fourth-order valence-corrected chi connectivity index (χ4v) is 3.62. The molecule has 10 heteroatoms. The van der Waals surface area contributed by atoms with Crippen LogP contribution in [0.2, 0.25) is 0 Å². The van der Waals surface area contributed by atoms with Crippen molar-refractivity contribution in [1.29, 1.82) is 0 Å². The Morgan fingerprint density at radius 3 is 2.53 bits per heavy atom.